The first-order valence-electron chi connectivity index (χ1n) is 10.4. The van der Waals surface area contributed by atoms with Crippen molar-refractivity contribution in [3.8, 4) is 0 Å². The summed E-state index contributed by atoms with van der Waals surface area (Å²) in [6, 6.07) is 7.39. The van der Waals surface area contributed by atoms with E-state index in [0.29, 0.717) is 29.4 Å². The number of benzene rings is 2. The van der Waals surface area contributed by atoms with Crippen LogP contribution in [0.15, 0.2) is 36.4 Å². The summed E-state index contributed by atoms with van der Waals surface area (Å²) in [5, 5.41) is 12.2. The van der Waals surface area contributed by atoms with Crippen LogP contribution in [0, 0.1) is 10.1 Å². The normalized spacial score (nSPS) is 24.5. The molecule has 32 heavy (non-hydrogen) atoms. The average molecular weight is 438 g/mol. The van der Waals surface area contributed by atoms with Gasteiger partial charge in [-0.05, 0) is 39.3 Å². The lowest BCUT2D eigenvalue weighted by atomic mass is 10.0. The van der Waals surface area contributed by atoms with E-state index in [-0.39, 0.29) is 11.7 Å². The number of anilines is 1. The first-order chi connectivity index (χ1) is 15.1. The van der Waals surface area contributed by atoms with Gasteiger partial charge in [0.1, 0.15) is 11.6 Å². The summed E-state index contributed by atoms with van der Waals surface area (Å²) >= 11 is 0. The molecule has 10 nitrogen and oxygen atoms in total. The van der Waals surface area contributed by atoms with Crippen molar-refractivity contribution in [2.24, 2.45) is 0 Å². The molecule has 2 bridgehead atoms. The minimum absolute atomic E-state index is 0.0971. The van der Waals surface area contributed by atoms with Crippen LogP contribution in [-0.2, 0) is 9.53 Å². The number of piperazine rings is 1. The fourth-order valence-corrected chi connectivity index (χ4v) is 5.03. The molecule has 5 rings (SSSR count). The number of nitrogens with zero attached hydrogens (tertiary/aromatic N) is 4. The fourth-order valence-electron chi connectivity index (χ4n) is 5.03. The lowest BCUT2D eigenvalue weighted by Crippen LogP contribution is -2.55. The van der Waals surface area contributed by atoms with E-state index in [9.17, 15) is 24.5 Å². The molecule has 3 fully saturated rings. The molecule has 3 aliphatic heterocycles. The Morgan fingerprint density at radius 3 is 2.47 bits per heavy atom. The van der Waals surface area contributed by atoms with Gasteiger partial charge in [0.2, 0.25) is 0 Å². The van der Waals surface area contributed by atoms with Gasteiger partial charge in [0, 0.05) is 18.0 Å². The summed E-state index contributed by atoms with van der Waals surface area (Å²) in [5.41, 5.74) is -0.461. The standard InChI is InChI=1S/C22H22N4O6/c1-22(2,3)32-21(29)23-11-12-10-17(23)18-19(27)25(20(28)24(12)18)15-8-9-16(26(30)31)14-7-5-4-6-13(14)15/h4-9,12,17-18H,10-11H2,1-3H3/t12?,17?,18-/m1/s1. The number of nitro benzene ring substituents is 1. The molecule has 0 aromatic heterocycles. The maximum atomic E-state index is 13.5. The van der Waals surface area contributed by atoms with E-state index in [0.717, 1.165) is 4.90 Å². The maximum absolute atomic E-state index is 13.5. The average Bonchev–Trinajstić information content (AvgIpc) is 3.37. The summed E-state index contributed by atoms with van der Waals surface area (Å²) in [7, 11) is 0. The van der Waals surface area contributed by atoms with Crippen molar-refractivity contribution in [3.63, 3.8) is 0 Å². The number of carbonyl (C=O) groups is 3. The first kappa shape index (κ1) is 20.2. The Morgan fingerprint density at radius 1 is 1.12 bits per heavy atom. The third-order valence-electron chi connectivity index (χ3n) is 6.21. The highest BCUT2D eigenvalue weighted by molar-refractivity contribution is 6.25. The van der Waals surface area contributed by atoms with Crippen molar-refractivity contribution >= 4 is 40.2 Å². The van der Waals surface area contributed by atoms with Crippen molar-refractivity contribution < 1.29 is 24.0 Å². The molecule has 3 atom stereocenters. The van der Waals surface area contributed by atoms with E-state index < -0.39 is 40.6 Å². The van der Waals surface area contributed by atoms with Gasteiger partial charge in [-0.3, -0.25) is 14.9 Å². The summed E-state index contributed by atoms with van der Waals surface area (Å²) in [6.07, 6.45) is 0.0279. The van der Waals surface area contributed by atoms with Crippen LogP contribution in [0.25, 0.3) is 10.8 Å². The van der Waals surface area contributed by atoms with Crippen LogP contribution < -0.4 is 4.90 Å². The Labute approximate surface area is 183 Å². The van der Waals surface area contributed by atoms with Crippen LogP contribution in [0.4, 0.5) is 21.0 Å². The second-order valence-corrected chi connectivity index (χ2v) is 9.30. The zero-order valence-electron chi connectivity index (χ0n) is 17.8. The molecule has 2 aromatic carbocycles. The monoisotopic (exact) mass is 438 g/mol. The van der Waals surface area contributed by atoms with Gasteiger partial charge >= 0.3 is 12.1 Å². The van der Waals surface area contributed by atoms with Crippen molar-refractivity contribution in [2.45, 2.75) is 50.9 Å². The van der Waals surface area contributed by atoms with Crippen LogP contribution >= 0.6 is 0 Å². The van der Waals surface area contributed by atoms with Crippen molar-refractivity contribution in [1.29, 1.82) is 0 Å². The largest absolute Gasteiger partial charge is 0.444 e. The van der Waals surface area contributed by atoms with Crippen LogP contribution in [0.1, 0.15) is 27.2 Å². The Hall–Kier alpha value is -3.69. The summed E-state index contributed by atoms with van der Waals surface area (Å²) in [6.45, 7) is 5.63. The fraction of sp³-hybridized carbons (Fsp3) is 0.409. The number of hydrogen-bond donors (Lipinski definition) is 0. The van der Waals surface area contributed by atoms with E-state index in [4.69, 9.17) is 4.74 Å². The lowest BCUT2D eigenvalue weighted by molar-refractivity contribution is -0.383. The predicted octanol–water partition coefficient (Wildman–Crippen LogP) is 3.28. The predicted molar refractivity (Wildman–Crippen MR) is 114 cm³/mol. The quantitative estimate of drug-likeness (QED) is 0.404. The number of imide groups is 1. The van der Waals surface area contributed by atoms with Crippen molar-refractivity contribution in [3.05, 3.63) is 46.5 Å². The highest BCUT2D eigenvalue weighted by Gasteiger charge is 2.63. The molecule has 3 heterocycles. The van der Waals surface area contributed by atoms with Gasteiger partial charge in [-0.25, -0.2) is 14.5 Å². The Bertz CT molecular complexity index is 1190. The molecular weight excluding hydrogens is 416 g/mol. The minimum atomic E-state index is -0.789. The molecule has 0 radical (unpaired) electrons. The second kappa shape index (κ2) is 6.65. The highest BCUT2D eigenvalue weighted by atomic mass is 16.6. The summed E-state index contributed by atoms with van der Waals surface area (Å²) < 4.78 is 5.48. The summed E-state index contributed by atoms with van der Waals surface area (Å²) in [4.78, 5) is 54.6. The van der Waals surface area contributed by atoms with Crippen molar-refractivity contribution in [2.75, 3.05) is 11.4 Å². The lowest BCUT2D eigenvalue weighted by Gasteiger charge is -2.35. The number of amides is 4. The zero-order valence-corrected chi connectivity index (χ0v) is 17.8. The maximum Gasteiger partial charge on any atom is 0.410 e. The summed E-state index contributed by atoms with van der Waals surface area (Å²) in [5.74, 6) is -0.435. The topological polar surface area (TPSA) is 113 Å². The van der Waals surface area contributed by atoms with E-state index in [1.54, 1.807) is 54.8 Å². The van der Waals surface area contributed by atoms with Gasteiger partial charge in [0.15, 0.2) is 0 Å². The number of urea groups is 1. The molecule has 2 aromatic rings. The van der Waals surface area contributed by atoms with Gasteiger partial charge in [-0.1, -0.05) is 18.2 Å². The smallest absolute Gasteiger partial charge is 0.410 e. The molecule has 3 saturated heterocycles. The SMILES string of the molecule is CC(C)(C)OC(=O)N1CC2CC1[C@@H]1C(=O)N(c3ccc([N+](=O)[O-])c4ccccc34)C(=O)N21. The number of carbonyl (C=O) groups excluding carboxylic acids is 3. The molecule has 166 valence electrons. The minimum Gasteiger partial charge on any atom is -0.444 e. The molecule has 2 unspecified atom stereocenters. The molecule has 4 amide bonds. The van der Waals surface area contributed by atoms with E-state index in [1.165, 1.54) is 12.1 Å². The Morgan fingerprint density at radius 2 is 1.81 bits per heavy atom. The van der Waals surface area contributed by atoms with E-state index in [2.05, 4.69) is 0 Å². The third-order valence-corrected chi connectivity index (χ3v) is 6.21. The molecule has 0 N–H and O–H groups in total. The van der Waals surface area contributed by atoms with Crippen LogP contribution in [0.5, 0.6) is 0 Å². The zero-order chi connectivity index (χ0) is 22.9. The molecule has 0 aliphatic carbocycles. The third kappa shape index (κ3) is 2.82. The molecule has 3 aliphatic rings. The molecule has 10 heteroatoms. The van der Waals surface area contributed by atoms with Gasteiger partial charge in [0.05, 0.1) is 28.1 Å². The number of nitro groups is 1. The van der Waals surface area contributed by atoms with Gasteiger partial charge in [-0.2, -0.15) is 0 Å². The van der Waals surface area contributed by atoms with E-state index in [1.807, 2.05) is 0 Å². The number of ether oxygens (including phenoxy) is 1. The van der Waals surface area contributed by atoms with Gasteiger partial charge < -0.3 is 14.5 Å². The number of rotatable bonds is 2. The van der Waals surface area contributed by atoms with Crippen LogP contribution in [0.3, 0.4) is 0 Å². The molecule has 0 spiro atoms. The van der Waals surface area contributed by atoms with Crippen molar-refractivity contribution in [1.82, 2.24) is 9.80 Å². The van der Waals surface area contributed by atoms with Crippen LogP contribution in [-0.4, -0.2) is 63.0 Å². The van der Waals surface area contributed by atoms with Gasteiger partial charge in [-0.15, -0.1) is 0 Å². The number of fused-ring (bicyclic) bond motifs is 6. The second-order valence-electron chi connectivity index (χ2n) is 9.30. The van der Waals surface area contributed by atoms with E-state index >= 15 is 0 Å². The highest BCUT2D eigenvalue weighted by Crippen LogP contribution is 2.44. The molecular formula is C22H22N4O6. The van der Waals surface area contributed by atoms with Gasteiger partial charge in [0.25, 0.3) is 11.6 Å². The molecule has 0 saturated carbocycles. The first-order valence-corrected chi connectivity index (χ1v) is 10.4. The number of hydrogen-bond acceptors (Lipinski definition) is 6. The number of non-ortho nitro benzene ring substituents is 1. The van der Waals surface area contributed by atoms with Crippen LogP contribution in [0.2, 0.25) is 0 Å². The Balaban J connectivity index is 1.51. The number of likely N-dealkylation sites (tertiary alicyclic amines) is 1. The Kier molecular flexibility index (Phi) is 4.20.